The van der Waals surface area contributed by atoms with Crippen molar-refractivity contribution in [3.63, 3.8) is 0 Å². The highest BCUT2D eigenvalue weighted by molar-refractivity contribution is 9.10. The molecule has 0 aliphatic carbocycles. The molecule has 0 aliphatic rings. The number of rotatable bonds is 3. The van der Waals surface area contributed by atoms with Crippen LogP contribution in [0.4, 0.5) is 17.1 Å². The van der Waals surface area contributed by atoms with E-state index < -0.39 is 0 Å². The molecule has 31 heavy (non-hydrogen) atoms. The minimum Gasteiger partial charge on any atom is -0.302 e. The van der Waals surface area contributed by atoms with E-state index in [0.717, 1.165) is 15.6 Å². The highest BCUT2D eigenvalue weighted by atomic mass is 79.9. The van der Waals surface area contributed by atoms with Crippen LogP contribution in [0.25, 0.3) is 0 Å². The first-order valence-electron chi connectivity index (χ1n) is 9.21. The van der Waals surface area contributed by atoms with Crippen molar-refractivity contribution in [2.24, 2.45) is 0 Å². The number of hydrogen-bond donors (Lipinski definition) is 0. The normalized spacial score (nSPS) is 11.7. The molecule has 0 spiro atoms. The first-order chi connectivity index (χ1) is 14.3. The van der Waals surface area contributed by atoms with E-state index in [4.69, 9.17) is 69.6 Å². The zero-order valence-electron chi connectivity index (χ0n) is 17.1. The second kappa shape index (κ2) is 9.50. The van der Waals surface area contributed by atoms with Crippen molar-refractivity contribution in [1.29, 1.82) is 0 Å². The van der Waals surface area contributed by atoms with E-state index in [9.17, 15) is 0 Å². The Kier molecular flexibility index (Phi) is 7.76. The van der Waals surface area contributed by atoms with Crippen LogP contribution < -0.4 is 4.90 Å². The predicted octanol–water partition coefficient (Wildman–Crippen LogP) is 11.4. The molecule has 3 aromatic carbocycles. The molecule has 8 heteroatoms. The van der Waals surface area contributed by atoms with Gasteiger partial charge in [-0.05, 0) is 59.9 Å². The third-order valence-electron chi connectivity index (χ3n) is 4.70. The Morgan fingerprint density at radius 3 is 1.29 bits per heavy atom. The Hall–Kier alpha value is -0.320. The Morgan fingerprint density at radius 1 is 0.613 bits per heavy atom. The van der Waals surface area contributed by atoms with Gasteiger partial charge in [0.05, 0.1) is 47.2 Å². The molecule has 0 amide bonds. The highest BCUT2D eigenvalue weighted by Gasteiger charge is 2.29. The fourth-order valence-corrected chi connectivity index (χ4v) is 6.00. The van der Waals surface area contributed by atoms with Crippen LogP contribution >= 0.6 is 85.5 Å². The summed E-state index contributed by atoms with van der Waals surface area (Å²) in [6.45, 7) is 8.16. The predicted molar refractivity (Wildman–Crippen MR) is 142 cm³/mol. The van der Waals surface area contributed by atoms with Gasteiger partial charge in [-0.15, -0.1) is 0 Å². The maximum atomic E-state index is 6.80. The minimum absolute atomic E-state index is 0.150. The smallest absolute Gasteiger partial charge is 0.0838 e. The standard InChI is InChI=1S/C23H18BrCl6N/c1-11-5-14(25)20(15(26)6-11)31(22-18(29)9-13(24)10-19(22)30)21-16(27)7-12(8-17(21)28)23(2,3)4/h5-10H,1-4H3. The third kappa shape index (κ3) is 5.27. The molecule has 0 aliphatic heterocycles. The molecule has 3 rings (SSSR count). The van der Waals surface area contributed by atoms with Crippen molar-refractivity contribution >= 4 is 103 Å². The van der Waals surface area contributed by atoms with Gasteiger partial charge in [0.2, 0.25) is 0 Å². The molecular weight excluding hydrogens is 583 g/mol. The Balaban J connectivity index is 2.43. The van der Waals surface area contributed by atoms with Gasteiger partial charge in [-0.2, -0.15) is 0 Å². The molecule has 0 atom stereocenters. The van der Waals surface area contributed by atoms with Crippen molar-refractivity contribution in [3.8, 4) is 0 Å². The van der Waals surface area contributed by atoms with Crippen LogP contribution in [0.1, 0.15) is 31.9 Å². The molecule has 0 bridgehead atoms. The van der Waals surface area contributed by atoms with Crippen molar-refractivity contribution in [2.75, 3.05) is 4.90 Å². The molecule has 0 fully saturated rings. The average molecular weight is 601 g/mol. The lowest BCUT2D eigenvalue weighted by Gasteiger charge is -2.31. The van der Waals surface area contributed by atoms with E-state index in [0.29, 0.717) is 47.2 Å². The molecule has 0 saturated carbocycles. The summed E-state index contributed by atoms with van der Waals surface area (Å²) in [5.74, 6) is 0. The summed E-state index contributed by atoms with van der Waals surface area (Å²) in [6, 6.07) is 10.8. The summed E-state index contributed by atoms with van der Waals surface area (Å²) in [5, 5.41) is 2.40. The van der Waals surface area contributed by atoms with Gasteiger partial charge in [0, 0.05) is 4.47 Å². The number of anilines is 3. The van der Waals surface area contributed by atoms with E-state index in [2.05, 4.69) is 36.7 Å². The van der Waals surface area contributed by atoms with Crippen LogP contribution in [0.2, 0.25) is 30.1 Å². The van der Waals surface area contributed by atoms with Gasteiger partial charge in [-0.3, -0.25) is 0 Å². The van der Waals surface area contributed by atoms with Crippen molar-refractivity contribution < 1.29 is 0 Å². The van der Waals surface area contributed by atoms with Crippen LogP contribution in [0.5, 0.6) is 0 Å². The zero-order chi connectivity index (χ0) is 23.2. The van der Waals surface area contributed by atoms with E-state index in [1.54, 1.807) is 17.0 Å². The van der Waals surface area contributed by atoms with Gasteiger partial charge in [0.15, 0.2) is 0 Å². The Labute approximate surface area is 221 Å². The van der Waals surface area contributed by atoms with Gasteiger partial charge in [0.1, 0.15) is 0 Å². The van der Waals surface area contributed by atoms with Crippen LogP contribution in [0.15, 0.2) is 40.9 Å². The van der Waals surface area contributed by atoms with Crippen molar-refractivity contribution in [3.05, 3.63) is 82.1 Å². The maximum absolute atomic E-state index is 6.80. The SMILES string of the molecule is Cc1cc(Cl)c(N(c2c(Cl)cc(Br)cc2Cl)c2c(Cl)cc(C(C)(C)C)cc2Cl)c(Cl)c1. The topological polar surface area (TPSA) is 3.24 Å². The minimum atomic E-state index is -0.150. The van der Waals surface area contributed by atoms with Gasteiger partial charge in [-0.1, -0.05) is 106 Å². The number of hydrogen-bond acceptors (Lipinski definition) is 1. The average Bonchev–Trinajstić information content (AvgIpc) is 2.58. The number of nitrogens with zero attached hydrogens (tertiary/aromatic N) is 1. The van der Waals surface area contributed by atoms with Crippen LogP contribution in [-0.2, 0) is 5.41 Å². The van der Waals surface area contributed by atoms with Gasteiger partial charge >= 0.3 is 0 Å². The van der Waals surface area contributed by atoms with Crippen molar-refractivity contribution in [1.82, 2.24) is 0 Å². The number of halogens is 7. The number of benzene rings is 3. The van der Waals surface area contributed by atoms with Crippen LogP contribution in [0.3, 0.4) is 0 Å². The maximum Gasteiger partial charge on any atom is 0.0838 e. The molecule has 3 aromatic rings. The number of aryl methyl sites for hydroxylation is 1. The van der Waals surface area contributed by atoms with E-state index in [-0.39, 0.29) is 5.41 Å². The van der Waals surface area contributed by atoms with E-state index in [1.165, 1.54) is 0 Å². The summed E-state index contributed by atoms with van der Waals surface area (Å²) in [5.41, 5.74) is 3.17. The van der Waals surface area contributed by atoms with Gasteiger partial charge in [0.25, 0.3) is 0 Å². The fourth-order valence-electron chi connectivity index (χ4n) is 3.20. The van der Waals surface area contributed by atoms with Gasteiger partial charge < -0.3 is 4.90 Å². The molecule has 1 nitrogen and oxygen atoms in total. The second-order valence-corrected chi connectivity index (χ2v) is 11.5. The zero-order valence-corrected chi connectivity index (χ0v) is 23.2. The summed E-state index contributed by atoms with van der Waals surface area (Å²) in [4.78, 5) is 1.72. The van der Waals surface area contributed by atoms with Gasteiger partial charge in [-0.25, -0.2) is 0 Å². The monoisotopic (exact) mass is 597 g/mol. The molecule has 0 radical (unpaired) electrons. The third-order valence-corrected chi connectivity index (χ3v) is 6.88. The Bertz CT molecular complexity index is 1040. The molecular formula is C23H18BrCl6N. The lowest BCUT2D eigenvalue weighted by atomic mass is 9.87. The summed E-state index contributed by atoms with van der Waals surface area (Å²) in [6.07, 6.45) is 0. The highest BCUT2D eigenvalue weighted by Crippen LogP contribution is 2.53. The molecule has 164 valence electrons. The van der Waals surface area contributed by atoms with E-state index >= 15 is 0 Å². The molecule has 0 saturated heterocycles. The van der Waals surface area contributed by atoms with Crippen LogP contribution in [-0.4, -0.2) is 0 Å². The quantitative estimate of drug-likeness (QED) is 0.289. The van der Waals surface area contributed by atoms with Crippen LogP contribution in [0, 0.1) is 6.92 Å². The molecule has 0 unspecified atom stereocenters. The van der Waals surface area contributed by atoms with E-state index in [1.807, 2.05) is 31.2 Å². The lowest BCUT2D eigenvalue weighted by molar-refractivity contribution is 0.590. The Morgan fingerprint density at radius 2 is 0.935 bits per heavy atom. The molecule has 0 heterocycles. The lowest BCUT2D eigenvalue weighted by Crippen LogP contribution is -2.16. The first-order valence-corrected chi connectivity index (χ1v) is 12.3. The second-order valence-electron chi connectivity index (χ2n) is 8.17. The molecule has 0 N–H and O–H groups in total. The fraction of sp³-hybridized carbons (Fsp3) is 0.217. The summed E-state index contributed by atoms with van der Waals surface area (Å²) < 4.78 is 0.729. The summed E-state index contributed by atoms with van der Waals surface area (Å²) in [7, 11) is 0. The first kappa shape index (κ1) is 25.3. The summed E-state index contributed by atoms with van der Waals surface area (Å²) >= 11 is 43.6. The van der Waals surface area contributed by atoms with Crippen molar-refractivity contribution in [2.45, 2.75) is 33.1 Å². The molecule has 0 aromatic heterocycles. The largest absolute Gasteiger partial charge is 0.302 e.